The molecule has 0 bridgehead atoms. The SMILES string of the molecule is O=S(=O)(Nc1c(Nc2ccc(Br)cc2F)cc(F)cc1-c1ncco1)NC1(CCC(O)CO)CC1. The molecule has 1 unspecified atom stereocenters. The third-order valence-electron chi connectivity index (χ3n) is 5.57. The first kappa shape index (κ1) is 25.5. The van der Waals surface area contributed by atoms with Gasteiger partial charge in [0.25, 0.3) is 10.2 Å². The maximum atomic E-state index is 14.5. The summed E-state index contributed by atoms with van der Waals surface area (Å²) in [5.41, 5.74) is -0.945. The second-order valence-electron chi connectivity index (χ2n) is 8.33. The van der Waals surface area contributed by atoms with Crippen LogP contribution in [0.2, 0.25) is 0 Å². The minimum atomic E-state index is -4.22. The number of hydrogen-bond donors (Lipinski definition) is 5. The van der Waals surface area contributed by atoms with E-state index < -0.39 is 40.1 Å². The Kier molecular flexibility index (Phi) is 7.43. The zero-order valence-electron chi connectivity index (χ0n) is 18.3. The smallest absolute Gasteiger partial charge is 0.299 e. The minimum absolute atomic E-state index is 0.000875. The molecule has 1 heterocycles. The lowest BCUT2D eigenvalue weighted by molar-refractivity contribution is 0.0838. The van der Waals surface area contributed by atoms with Crippen molar-refractivity contribution in [2.75, 3.05) is 16.6 Å². The fourth-order valence-corrected chi connectivity index (χ4v) is 5.36. The van der Waals surface area contributed by atoms with Gasteiger partial charge in [-0.2, -0.15) is 13.1 Å². The molecule has 5 N–H and O–H groups in total. The van der Waals surface area contributed by atoms with Gasteiger partial charge < -0.3 is 19.9 Å². The molecule has 3 aromatic rings. The molecule has 188 valence electrons. The number of benzene rings is 2. The molecule has 13 heteroatoms. The first-order valence-electron chi connectivity index (χ1n) is 10.7. The molecule has 1 atom stereocenters. The van der Waals surface area contributed by atoms with E-state index in [4.69, 9.17) is 9.52 Å². The number of nitrogens with zero attached hydrogens (tertiary/aromatic N) is 1. The predicted octanol–water partition coefficient (Wildman–Crippen LogP) is 4.04. The van der Waals surface area contributed by atoms with Crippen LogP contribution in [0.25, 0.3) is 11.5 Å². The van der Waals surface area contributed by atoms with Gasteiger partial charge in [0.1, 0.15) is 17.9 Å². The molecule has 1 aliphatic carbocycles. The van der Waals surface area contributed by atoms with Gasteiger partial charge in [-0.3, -0.25) is 4.72 Å². The van der Waals surface area contributed by atoms with Crippen molar-refractivity contribution in [1.82, 2.24) is 9.71 Å². The summed E-state index contributed by atoms with van der Waals surface area (Å²) in [4.78, 5) is 3.99. The third-order valence-corrected chi connectivity index (χ3v) is 7.24. The molecule has 35 heavy (non-hydrogen) atoms. The normalized spacial score (nSPS) is 15.6. The number of rotatable bonds is 11. The molecule has 1 aliphatic rings. The summed E-state index contributed by atoms with van der Waals surface area (Å²) in [5.74, 6) is -1.42. The van der Waals surface area contributed by atoms with Crippen LogP contribution < -0.4 is 14.8 Å². The molecule has 0 radical (unpaired) electrons. The average Bonchev–Trinajstić information content (AvgIpc) is 3.32. The van der Waals surface area contributed by atoms with Crippen LogP contribution in [0.5, 0.6) is 0 Å². The number of aliphatic hydroxyl groups excluding tert-OH is 2. The highest BCUT2D eigenvalue weighted by Gasteiger charge is 2.45. The lowest BCUT2D eigenvalue weighted by Crippen LogP contribution is -2.41. The van der Waals surface area contributed by atoms with Crippen molar-refractivity contribution in [1.29, 1.82) is 0 Å². The first-order chi connectivity index (χ1) is 16.6. The Labute approximate surface area is 208 Å². The zero-order chi connectivity index (χ0) is 25.2. The van der Waals surface area contributed by atoms with Crippen LogP contribution in [0, 0.1) is 11.6 Å². The zero-order valence-corrected chi connectivity index (χ0v) is 20.7. The average molecular weight is 573 g/mol. The van der Waals surface area contributed by atoms with Crippen LogP contribution in [0.15, 0.2) is 51.7 Å². The van der Waals surface area contributed by atoms with Gasteiger partial charge in [0.2, 0.25) is 5.89 Å². The van der Waals surface area contributed by atoms with E-state index in [1.165, 1.54) is 24.6 Å². The van der Waals surface area contributed by atoms with Crippen LogP contribution in [-0.4, -0.2) is 41.9 Å². The van der Waals surface area contributed by atoms with E-state index in [0.717, 1.165) is 12.1 Å². The van der Waals surface area contributed by atoms with Gasteiger partial charge in [-0.15, -0.1) is 0 Å². The van der Waals surface area contributed by atoms with E-state index in [0.29, 0.717) is 23.7 Å². The molecule has 0 saturated heterocycles. The molecule has 1 aromatic heterocycles. The van der Waals surface area contributed by atoms with Gasteiger partial charge in [0.05, 0.1) is 41.5 Å². The van der Waals surface area contributed by atoms with Gasteiger partial charge in [-0.25, -0.2) is 13.8 Å². The van der Waals surface area contributed by atoms with Crippen molar-refractivity contribution in [3.63, 3.8) is 0 Å². The molecule has 9 nitrogen and oxygen atoms in total. The maximum Gasteiger partial charge on any atom is 0.299 e. The van der Waals surface area contributed by atoms with E-state index in [1.807, 2.05) is 0 Å². The second-order valence-corrected chi connectivity index (χ2v) is 10.7. The van der Waals surface area contributed by atoms with Crippen LogP contribution >= 0.6 is 15.9 Å². The van der Waals surface area contributed by atoms with Crippen LogP contribution in [-0.2, 0) is 10.2 Å². The highest BCUT2D eigenvalue weighted by molar-refractivity contribution is 9.10. The Bertz CT molecular complexity index is 1300. The summed E-state index contributed by atoms with van der Waals surface area (Å²) in [6.45, 7) is -0.419. The quantitative estimate of drug-likeness (QED) is 0.234. The first-order valence-corrected chi connectivity index (χ1v) is 12.9. The lowest BCUT2D eigenvalue weighted by atomic mass is 10.1. The van der Waals surface area contributed by atoms with Crippen molar-refractivity contribution >= 4 is 43.2 Å². The van der Waals surface area contributed by atoms with E-state index >= 15 is 0 Å². The molecule has 0 spiro atoms. The summed E-state index contributed by atoms with van der Waals surface area (Å²) >= 11 is 3.17. The number of hydrogen-bond acceptors (Lipinski definition) is 7. The Balaban J connectivity index is 1.68. The Morgan fingerprint density at radius 3 is 2.60 bits per heavy atom. The van der Waals surface area contributed by atoms with Crippen molar-refractivity contribution < 1.29 is 31.8 Å². The highest BCUT2D eigenvalue weighted by Crippen LogP contribution is 2.42. The summed E-state index contributed by atoms with van der Waals surface area (Å²) in [6, 6.07) is 6.27. The minimum Gasteiger partial charge on any atom is -0.444 e. The van der Waals surface area contributed by atoms with Crippen molar-refractivity contribution in [3.8, 4) is 11.5 Å². The van der Waals surface area contributed by atoms with E-state index in [1.54, 1.807) is 6.07 Å². The largest absolute Gasteiger partial charge is 0.444 e. The monoisotopic (exact) mass is 572 g/mol. The fourth-order valence-electron chi connectivity index (χ4n) is 3.61. The molecule has 0 amide bonds. The number of oxazole rings is 1. The molecular weight excluding hydrogens is 550 g/mol. The lowest BCUT2D eigenvalue weighted by Gasteiger charge is -2.22. The molecule has 1 saturated carbocycles. The number of aromatic nitrogens is 1. The Morgan fingerprint density at radius 1 is 1.20 bits per heavy atom. The molecule has 4 rings (SSSR count). The number of halogens is 3. The van der Waals surface area contributed by atoms with Crippen molar-refractivity contribution in [2.45, 2.75) is 37.3 Å². The van der Waals surface area contributed by atoms with E-state index in [-0.39, 0.29) is 34.9 Å². The van der Waals surface area contributed by atoms with E-state index in [9.17, 15) is 22.3 Å². The van der Waals surface area contributed by atoms with E-state index in [2.05, 4.69) is 35.7 Å². The molecular formula is C22H23BrF2N4O5S. The van der Waals surface area contributed by atoms with Crippen LogP contribution in [0.3, 0.4) is 0 Å². The van der Waals surface area contributed by atoms with Gasteiger partial charge in [0.15, 0.2) is 0 Å². The van der Waals surface area contributed by atoms with Gasteiger partial charge in [0, 0.05) is 10.0 Å². The maximum absolute atomic E-state index is 14.5. The van der Waals surface area contributed by atoms with Crippen molar-refractivity contribution in [3.05, 3.63) is 58.9 Å². The van der Waals surface area contributed by atoms with Crippen LogP contribution in [0.1, 0.15) is 25.7 Å². The number of aliphatic hydroxyl groups is 2. The fraction of sp³-hybridized carbons (Fsp3) is 0.318. The summed E-state index contributed by atoms with van der Waals surface area (Å²) in [6.07, 6.45) is 3.27. The summed E-state index contributed by atoms with van der Waals surface area (Å²) < 4.78 is 66.0. The standard InChI is InChI=1S/C22H23BrF2N4O5S/c23-13-1-2-18(17(25)9-13)27-19-11-14(24)10-16(21-26-7-8-34-21)20(19)28-35(32,33)29-22(5-6-22)4-3-15(31)12-30/h1-2,7-11,15,27-31H,3-6,12H2. The molecule has 2 aromatic carbocycles. The topological polar surface area (TPSA) is 137 Å². The third kappa shape index (κ3) is 6.35. The van der Waals surface area contributed by atoms with Gasteiger partial charge in [-0.1, -0.05) is 15.9 Å². The highest BCUT2D eigenvalue weighted by atomic mass is 79.9. The van der Waals surface area contributed by atoms with Gasteiger partial charge >= 0.3 is 0 Å². The molecule has 0 aliphatic heterocycles. The molecule has 1 fully saturated rings. The number of anilines is 3. The van der Waals surface area contributed by atoms with Gasteiger partial charge in [-0.05, 0) is 56.0 Å². The van der Waals surface area contributed by atoms with Crippen molar-refractivity contribution in [2.24, 2.45) is 0 Å². The number of nitrogens with one attached hydrogen (secondary N) is 3. The summed E-state index contributed by atoms with van der Waals surface area (Å²) in [7, 11) is -4.22. The summed E-state index contributed by atoms with van der Waals surface area (Å²) in [5, 5.41) is 21.4. The van der Waals surface area contributed by atoms with Crippen LogP contribution in [0.4, 0.5) is 25.8 Å². The Hall–Kier alpha value is -2.58. The Morgan fingerprint density at radius 2 is 1.97 bits per heavy atom. The predicted molar refractivity (Wildman–Crippen MR) is 129 cm³/mol. The second kappa shape index (κ2) is 10.2.